The van der Waals surface area contributed by atoms with E-state index in [4.69, 9.17) is 0 Å². The Morgan fingerprint density at radius 1 is 0.905 bits per heavy atom. The molecule has 3 rings (SSSR count). The van der Waals surface area contributed by atoms with Crippen molar-refractivity contribution in [2.45, 2.75) is 56.5 Å². The molecule has 2 aliphatic rings. The van der Waals surface area contributed by atoms with Gasteiger partial charge in [-0.05, 0) is 50.0 Å². The summed E-state index contributed by atoms with van der Waals surface area (Å²) in [5.41, 5.74) is 1.45. The largest absolute Gasteiger partial charge is 0.310 e. The van der Waals surface area contributed by atoms with Crippen LogP contribution in [0.1, 0.15) is 50.0 Å². The first-order valence-electron chi connectivity index (χ1n) is 8.14. The molecule has 0 radical (unpaired) electrons. The first-order valence-corrected chi connectivity index (χ1v) is 9.96. The highest BCUT2D eigenvalue weighted by Gasteiger charge is 2.28. The summed E-state index contributed by atoms with van der Waals surface area (Å²) < 4.78 is 23.4. The minimum atomic E-state index is -2.80. The van der Waals surface area contributed by atoms with E-state index < -0.39 is 9.84 Å². The molecule has 0 aromatic heterocycles. The van der Waals surface area contributed by atoms with Gasteiger partial charge in [0.05, 0.1) is 11.5 Å². The van der Waals surface area contributed by atoms with Crippen LogP contribution in [0, 0.1) is 0 Å². The SMILES string of the molecule is O=S1(=O)CCCC(NC2CCC(c3ccccc3)CC2)C1. The molecule has 1 aromatic carbocycles. The molecular formula is C17H25NO2S. The van der Waals surface area contributed by atoms with Crippen molar-refractivity contribution in [2.75, 3.05) is 11.5 Å². The molecule has 116 valence electrons. The van der Waals surface area contributed by atoms with Gasteiger partial charge in [-0.3, -0.25) is 0 Å². The first-order chi connectivity index (χ1) is 10.1. The molecule has 21 heavy (non-hydrogen) atoms. The molecule has 1 saturated carbocycles. The summed E-state index contributed by atoms with van der Waals surface area (Å²) in [6.07, 6.45) is 6.58. The van der Waals surface area contributed by atoms with E-state index in [1.54, 1.807) is 0 Å². The Hall–Kier alpha value is -0.870. The minimum absolute atomic E-state index is 0.182. The highest BCUT2D eigenvalue weighted by atomic mass is 32.2. The minimum Gasteiger partial charge on any atom is -0.310 e. The van der Waals surface area contributed by atoms with E-state index in [2.05, 4.69) is 35.6 Å². The third-order valence-electron chi connectivity index (χ3n) is 4.93. The zero-order chi connectivity index (χ0) is 14.7. The molecule has 0 bridgehead atoms. The molecule has 1 atom stereocenters. The smallest absolute Gasteiger partial charge is 0.151 e. The van der Waals surface area contributed by atoms with Crippen molar-refractivity contribution in [3.63, 3.8) is 0 Å². The molecule has 1 saturated heterocycles. The molecule has 1 aliphatic carbocycles. The van der Waals surface area contributed by atoms with Gasteiger partial charge >= 0.3 is 0 Å². The first kappa shape index (κ1) is 15.0. The van der Waals surface area contributed by atoms with Crippen molar-refractivity contribution in [1.29, 1.82) is 0 Å². The third-order valence-corrected chi connectivity index (χ3v) is 6.75. The van der Waals surface area contributed by atoms with Gasteiger partial charge in [-0.1, -0.05) is 30.3 Å². The van der Waals surface area contributed by atoms with E-state index in [9.17, 15) is 8.42 Å². The molecule has 1 aliphatic heterocycles. The summed E-state index contributed by atoms with van der Waals surface area (Å²) in [6, 6.07) is 11.4. The molecule has 0 spiro atoms. The molecule has 0 amide bonds. The Morgan fingerprint density at radius 2 is 1.62 bits per heavy atom. The van der Waals surface area contributed by atoms with Crippen LogP contribution in [0.25, 0.3) is 0 Å². The summed E-state index contributed by atoms with van der Waals surface area (Å²) in [6.45, 7) is 0. The predicted molar refractivity (Wildman–Crippen MR) is 86.3 cm³/mol. The molecule has 1 heterocycles. The quantitative estimate of drug-likeness (QED) is 0.934. The van der Waals surface area contributed by atoms with Gasteiger partial charge in [0, 0.05) is 12.1 Å². The zero-order valence-electron chi connectivity index (χ0n) is 12.5. The third kappa shape index (κ3) is 4.07. The van der Waals surface area contributed by atoms with Gasteiger partial charge < -0.3 is 5.32 Å². The van der Waals surface area contributed by atoms with Crippen LogP contribution in [0.2, 0.25) is 0 Å². The Labute approximate surface area is 128 Å². The van der Waals surface area contributed by atoms with Crippen LogP contribution in [0.4, 0.5) is 0 Å². The molecule has 1 aromatic rings. The van der Waals surface area contributed by atoms with Gasteiger partial charge in [0.1, 0.15) is 0 Å². The standard InChI is InChI=1S/C17H25NO2S/c19-21(20)12-4-7-17(13-21)18-16-10-8-15(9-11-16)14-5-2-1-3-6-14/h1-3,5-6,15-18H,4,7-13H2. The normalized spacial score (nSPS) is 32.7. The maximum absolute atomic E-state index is 11.7. The second kappa shape index (κ2) is 6.49. The van der Waals surface area contributed by atoms with E-state index >= 15 is 0 Å². The molecular weight excluding hydrogens is 282 g/mol. The summed E-state index contributed by atoms with van der Waals surface area (Å²) in [5.74, 6) is 1.40. The lowest BCUT2D eigenvalue weighted by molar-refractivity contribution is 0.311. The molecule has 4 heteroatoms. The fourth-order valence-corrected chi connectivity index (χ4v) is 5.46. The zero-order valence-corrected chi connectivity index (χ0v) is 13.3. The maximum Gasteiger partial charge on any atom is 0.151 e. The van der Waals surface area contributed by atoms with Crippen molar-refractivity contribution in [1.82, 2.24) is 5.32 Å². The molecule has 1 unspecified atom stereocenters. The van der Waals surface area contributed by atoms with Crippen molar-refractivity contribution in [3.8, 4) is 0 Å². The molecule has 2 fully saturated rings. The Bertz CT molecular complexity index is 547. The summed E-state index contributed by atoms with van der Waals surface area (Å²) in [4.78, 5) is 0. The molecule has 3 nitrogen and oxygen atoms in total. The Balaban J connectivity index is 1.50. The van der Waals surface area contributed by atoms with Crippen molar-refractivity contribution in [3.05, 3.63) is 35.9 Å². The van der Waals surface area contributed by atoms with Gasteiger partial charge in [-0.2, -0.15) is 0 Å². The highest BCUT2D eigenvalue weighted by Crippen LogP contribution is 2.33. The summed E-state index contributed by atoms with van der Waals surface area (Å²) in [5, 5.41) is 3.61. The van der Waals surface area contributed by atoms with E-state index in [1.807, 2.05) is 0 Å². The van der Waals surface area contributed by atoms with Crippen LogP contribution in [0.3, 0.4) is 0 Å². The lowest BCUT2D eigenvalue weighted by Gasteiger charge is -2.33. The topological polar surface area (TPSA) is 46.2 Å². The van der Waals surface area contributed by atoms with Gasteiger partial charge in [-0.25, -0.2) is 8.42 Å². The van der Waals surface area contributed by atoms with Crippen LogP contribution >= 0.6 is 0 Å². The van der Waals surface area contributed by atoms with E-state index in [0.29, 0.717) is 23.5 Å². The van der Waals surface area contributed by atoms with Crippen LogP contribution in [-0.2, 0) is 9.84 Å². The number of sulfone groups is 1. The molecule has 1 N–H and O–H groups in total. The van der Waals surface area contributed by atoms with Crippen LogP contribution in [0.15, 0.2) is 30.3 Å². The highest BCUT2D eigenvalue weighted by molar-refractivity contribution is 7.91. The van der Waals surface area contributed by atoms with Crippen molar-refractivity contribution >= 4 is 9.84 Å². The summed E-state index contributed by atoms with van der Waals surface area (Å²) in [7, 11) is -2.80. The lowest BCUT2D eigenvalue weighted by Crippen LogP contribution is -2.46. The summed E-state index contributed by atoms with van der Waals surface area (Å²) >= 11 is 0. The fraction of sp³-hybridized carbons (Fsp3) is 0.647. The van der Waals surface area contributed by atoms with Crippen LogP contribution in [-0.4, -0.2) is 32.0 Å². The van der Waals surface area contributed by atoms with Gasteiger partial charge in [-0.15, -0.1) is 0 Å². The predicted octanol–water partition coefficient (Wildman–Crippen LogP) is 2.88. The lowest BCUT2D eigenvalue weighted by atomic mass is 9.81. The average Bonchev–Trinajstić information content (AvgIpc) is 2.48. The second-order valence-electron chi connectivity index (χ2n) is 6.58. The maximum atomic E-state index is 11.7. The van der Waals surface area contributed by atoms with Crippen LogP contribution < -0.4 is 5.32 Å². The number of benzene rings is 1. The van der Waals surface area contributed by atoms with E-state index in [-0.39, 0.29) is 6.04 Å². The van der Waals surface area contributed by atoms with Gasteiger partial charge in [0.25, 0.3) is 0 Å². The van der Waals surface area contributed by atoms with Gasteiger partial charge in [0.2, 0.25) is 0 Å². The second-order valence-corrected chi connectivity index (χ2v) is 8.81. The van der Waals surface area contributed by atoms with Crippen molar-refractivity contribution < 1.29 is 8.42 Å². The van der Waals surface area contributed by atoms with E-state index in [1.165, 1.54) is 18.4 Å². The number of hydrogen-bond donors (Lipinski definition) is 1. The van der Waals surface area contributed by atoms with Crippen molar-refractivity contribution in [2.24, 2.45) is 0 Å². The van der Waals surface area contributed by atoms with E-state index in [0.717, 1.165) is 25.7 Å². The van der Waals surface area contributed by atoms with Crippen LogP contribution in [0.5, 0.6) is 0 Å². The fourth-order valence-electron chi connectivity index (χ4n) is 3.81. The monoisotopic (exact) mass is 307 g/mol. The number of nitrogens with one attached hydrogen (secondary N) is 1. The Morgan fingerprint density at radius 3 is 2.29 bits per heavy atom. The number of hydrogen-bond acceptors (Lipinski definition) is 3. The number of rotatable bonds is 3. The Kier molecular flexibility index (Phi) is 4.65. The average molecular weight is 307 g/mol. The van der Waals surface area contributed by atoms with Gasteiger partial charge in [0.15, 0.2) is 9.84 Å².